The average molecular weight is 194 g/mol. The van der Waals surface area contributed by atoms with Crippen LogP contribution in [0.25, 0.3) is 0 Å². The zero-order chi connectivity index (χ0) is 10.1. The van der Waals surface area contributed by atoms with Crippen molar-refractivity contribution >= 4 is 11.8 Å². The maximum atomic E-state index is 11.7. The molecule has 76 valence electrons. The van der Waals surface area contributed by atoms with E-state index in [9.17, 15) is 9.59 Å². The van der Waals surface area contributed by atoms with Gasteiger partial charge in [-0.25, -0.2) is 0 Å². The van der Waals surface area contributed by atoms with E-state index in [0.29, 0.717) is 13.0 Å². The number of amides is 2. The van der Waals surface area contributed by atoms with Crippen molar-refractivity contribution < 1.29 is 9.59 Å². The summed E-state index contributed by atoms with van der Waals surface area (Å²) in [6, 6.07) is -0.119. The first kappa shape index (κ1) is 9.40. The molecule has 2 amide bonds. The van der Waals surface area contributed by atoms with Gasteiger partial charge in [-0.1, -0.05) is 6.08 Å². The first-order chi connectivity index (χ1) is 6.74. The van der Waals surface area contributed by atoms with Crippen LogP contribution in [0.15, 0.2) is 12.7 Å². The highest BCUT2D eigenvalue weighted by Gasteiger charge is 2.45. The first-order valence-corrected chi connectivity index (χ1v) is 4.94. The molecule has 1 atom stereocenters. The van der Waals surface area contributed by atoms with Gasteiger partial charge < -0.3 is 5.32 Å². The van der Waals surface area contributed by atoms with E-state index in [0.717, 1.165) is 12.8 Å². The van der Waals surface area contributed by atoms with Gasteiger partial charge >= 0.3 is 0 Å². The molecule has 2 aliphatic rings. The normalized spacial score (nSPS) is 27.1. The molecule has 0 radical (unpaired) electrons. The van der Waals surface area contributed by atoms with Gasteiger partial charge in [0.15, 0.2) is 0 Å². The predicted molar refractivity (Wildman–Crippen MR) is 51.5 cm³/mol. The molecule has 0 aromatic carbocycles. The molecule has 0 bridgehead atoms. The van der Waals surface area contributed by atoms with Gasteiger partial charge in [-0.2, -0.15) is 0 Å². The molecule has 0 aromatic heterocycles. The highest BCUT2D eigenvalue weighted by Crippen LogP contribution is 2.31. The minimum absolute atomic E-state index is 0.0286. The summed E-state index contributed by atoms with van der Waals surface area (Å²) in [4.78, 5) is 24.6. The third-order valence-electron chi connectivity index (χ3n) is 2.60. The number of rotatable bonds is 4. The average Bonchev–Trinajstić information content (AvgIpc) is 2.92. The van der Waals surface area contributed by atoms with E-state index < -0.39 is 0 Å². The molecule has 1 aliphatic carbocycles. The molecule has 2 rings (SSSR count). The van der Waals surface area contributed by atoms with Crippen molar-refractivity contribution in [2.75, 3.05) is 6.54 Å². The molecule has 0 spiro atoms. The predicted octanol–water partition coefficient (Wildman–Crippen LogP) is 0.0519. The molecule has 2 fully saturated rings. The Labute approximate surface area is 83.0 Å². The van der Waals surface area contributed by atoms with Gasteiger partial charge in [-0.3, -0.25) is 14.5 Å². The number of nitrogens with one attached hydrogen (secondary N) is 1. The number of likely N-dealkylation sites (tertiary alicyclic amines) is 1. The Hall–Kier alpha value is -1.16. The number of carbonyl (C=O) groups excluding carboxylic acids is 2. The van der Waals surface area contributed by atoms with Gasteiger partial charge in [0.25, 0.3) is 0 Å². The Kier molecular flexibility index (Phi) is 2.37. The van der Waals surface area contributed by atoms with Gasteiger partial charge in [-0.05, 0) is 12.8 Å². The smallest absolute Gasteiger partial charge is 0.247 e. The number of imide groups is 1. The highest BCUT2D eigenvalue weighted by atomic mass is 16.2. The third kappa shape index (κ3) is 1.57. The van der Waals surface area contributed by atoms with Crippen molar-refractivity contribution in [2.45, 2.75) is 31.3 Å². The van der Waals surface area contributed by atoms with E-state index in [1.165, 1.54) is 4.90 Å². The van der Waals surface area contributed by atoms with Crippen LogP contribution >= 0.6 is 0 Å². The fraction of sp³-hybridized carbons (Fsp3) is 0.600. The molecule has 4 nitrogen and oxygen atoms in total. The lowest BCUT2D eigenvalue weighted by Gasteiger charge is -2.13. The molecule has 1 unspecified atom stereocenters. The van der Waals surface area contributed by atoms with Gasteiger partial charge in [0.1, 0.15) is 0 Å². The van der Waals surface area contributed by atoms with Crippen molar-refractivity contribution in [3.8, 4) is 0 Å². The van der Waals surface area contributed by atoms with Crippen LogP contribution < -0.4 is 5.32 Å². The standard InChI is InChI=1S/C10H14N2O2/c1-2-5-11-8-6-9(13)12(10(8)14)7-3-4-7/h2,7-8,11H,1,3-6H2. The topological polar surface area (TPSA) is 49.4 Å². The SMILES string of the molecule is C=CCNC1CC(=O)N(C2CC2)C1=O. The molecule has 0 aromatic rings. The molecule has 1 heterocycles. The Morgan fingerprint density at radius 2 is 2.21 bits per heavy atom. The summed E-state index contributed by atoms with van der Waals surface area (Å²) in [7, 11) is 0. The van der Waals surface area contributed by atoms with Crippen molar-refractivity contribution in [3.63, 3.8) is 0 Å². The number of nitrogens with zero attached hydrogens (tertiary/aromatic N) is 1. The Bertz CT molecular complexity index is 284. The Morgan fingerprint density at radius 3 is 2.79 bits per heavy atom. The van der Waals surface area contributed by atoms with Gasteiger partial charge in [0.2, 0.25) is 11.8 Å². The fourth-order valence-electron chi connectivity index (χ4n) is 1.75. The Morgan fingerprint density at radius 1 is 1.50 bits per heavy atom. The van der Waals surface area contributed by atoms with E-state index >= 15 is 0 Å². The lowest BCUT2D eigenvalue weighted by atomic mass is 10.2. The zero-order valence-electron chi connectivity index (χ0n) is 8.03. The maximum absolute atomic E-state index is 11.7. The van der Waals surface area contributed by atoms with Crippen LogP contribution in [0.4, 0.5) is 0 Å². The minimum atomic E-state index is -0.318. The van der Waals surface area contributed by atoms with E-state index in [-0.39, 0.29) is 23.9 Å². The second-order valence-electron chi connectivity index (χ2n) is 3.79. The van der Waals surface area contributed by atoms with Crippen molar-refractivity contribution in [2.24, 2.45) is 0 Å². The molecule has 1 aliphatic heterocycles. The van der Waals surface area contributed by atoms with Gasteiger partial charge in [0, 0.05) is 12.6 Å². The van der Waals surface area contributed by atoms with Crippen LogP contribution in [0.3, 0.4) is 0 Å². The number of hydrogen-bond donors (Lipinski definition) is 1. The van der Waals surface area contributed by atoms with Crippen LogP contribution in [0, 0.1) is 0 Å². The maximum Gasteiger partial charge on any atom is 0.247 e. The van der Waals surface area contributed by atoms with E-state index in [1.807, 2.05) is 0 Å². The summed E-state index contributed by atoms with van der Waals surface area (Å²) in [6.07, 6.45) is 3.96. The van der Waals surface area contributed by atoms with E-state index in [2.05, 4.69) is 11.9 Å². The highest BCUT2D eigenvalue weighted by molar-refractivity contribution is 6.06. The number of hydrogen-bond acceptors (Lipinski definition) is 3. The van der Waals surface area contributed by atoms with Crippen LogP contribution in [-0.2, 0) is 9.59 Å². The molecule has 1 saturated heterocycles. The Balaban J connectivity index is 1.99. The monoisotopic (exact) mass is 194 g/mol. The van der Waals surface area contributed by atoms with E-state index in [4.69, 9.17) is 0 Å². The summed E-state index contributed by atoms with van der Waals surface area (Å²) in [5.74, 6) is -0.0848. The second kappa shape index (κ2) is 3.53. The van der Waals surface area contributed by atoms with E-state index in [1.54, 1.807) is 6.08 Å². The molecule has 14 heavy (non-hydrogen) atoms. The first-order valence-electron chi connectivity index (χ1n) is 4.94. The largest absolute Gasteiger partial charge is 0.302 e. The van der Waals surface area contributed by atoms with Crippen LogP contribution in [0.1, 0.15) is 19.3 Å². The van der Waals surface area contributed by atoms with Crippen molar-refractivity contribution in [1.82, 2.24) is 10.2 Å². The van der Waals surface area contributed by atoms with Crippen LogP contribution in [-0.4, -0.2) is 35.3 Å². The van der Waals surface area contributed by atoms with Crippen molar-refractivity contribution in [1.29, 1.82) is 0 Å². The van der Waals surface area contributed by atoms with Crippen molar-refractivity contribution in [3.05, 3.63) is 12.7 Å². The molecular formula is C10H14N2O2. The molecule has 1 saturated carbocycles. The van der Waals surface area contributed by atoms with Gasteiger partial charge in [-0.15, -0.1) is 6.58 Å². The fourth-order valence-corrected chi connectivity index (χ4v) is 1.75. The molecule has 1 N–H and O–H groups in total. The van der Waals surface area contributed by atoms with Gasteiger partial charge in [0.05, 0.1) is 12.5 Å². The lowest BCUT2D eigenvalue weighted by molar-refractivity contribution is -0.139. The van der Waals surface area contributed by atoms with Crippen LogP contribution in [0.5, 0.6) is 0 Å². The zero-order valence-corrected chi connectivity index (χ0v) is 8.03. The lowest BCUT2D eigenvalue weighted by Crippen LogP contribution is -2.39. The van der Waals surface area contributed by atoms with Crippen LogP contribution in [0.2, 0.25) is 0 Å². The quantitative estimate of drug-likeness (QED) is 0.508. The molecule has 4 heteroatoms. The summed E-state index contributed by atoms with van der Waals surface area (Å²) in [6.45, 7) is 4.13. The summed E-state index contributed by atoms with van der Waals surface area (Å²) < 4.78 is 0. The minimum Gasteiger partial charge on any atom is -0.302 e. The summed E-state index contributed by atoms with van der Waals surface area (Å²) >= 11 is 0. The summed E-state index contributed by atoms with van der Waals surface area (Å²) in [5.41, 5.74) is 0. The third-order valence-corrected chi connectivity index (χ3v) is 2.60. The number of carbonyl (C=O) groups is 2. The summed E-state index contributed by atoms with van der Waals surface area (Å²) in [5, 5.41) is 2.99. The second-order valence-corrected chi connectivity index (χ2v) is 3.79. The molecular weight excluding hydrogens is 180 g/mol.